The van der Waals surface area contributed by atoms with Gasteiger partial charge in [0.05, 0.1) is 36.6 Å². The fourth-order valence-corrected chi connectivity index (χ4v) is 7.27. The highest BCUT2D eigenvalue weighted by Gasteiger charge is 2.44. The molecule has 18 heteroatoms. The number of carbonyl (C=O) groups excluding carboxylic acids is 3. The minimum atomic E-state index is -5.50. The first kappa shape index (κ1) is 38.6. The third-order valence-electron chi connectivity index (χ3n) is 8.76. The van der Waals surface area contributed by atoms with Crippen LogP contribution in [0.5, 0.6) is 5.75 Å². The zero-order chi connectivity index (χ0) is 38.8. The van der Waals surface area contributed by atoms with E-state index < -0.39 is 63.3 Å². The molecule has 0 spiro atoms. The van der Waals surface area contributed by atoms with Gasteiger partial charge in [-0.25, -0.2) is 27.4 Å². The number of hydrogen-bond donors (Lipinski definition) is 2. The van der Waals surface area contributed by atoms with E-state index in [0.29, 0.717) is 28.4 Å². The van der Waals surface area contributed by atoms with Crippen LogP contribution in [0.1, 0.15) is 48.5 Å². The van der Waals surface area contributed by atoms with Crippen molar-refractivity contribution in [3.8, 4) is 5.75 Å². The van der Waals surface area contributed by atoms with Gasteiger partial charge in [-0.3, -0.25) is 4.79 Å². The molecular formula is C35H35F4N5O8S. The number of fused-ring (bicyclic) bond motifs is 1. The van der Waals surface area contributed by atoms with Crippen molar-refractivity contribution in [1.29, 1.82) is 0 Å². The molecular weight excluding hydrogens is 726 g/mol. The molecule has 2 atom stereocenters. The summed E-state index contributed by atoms with van der Waals surface area (Å²) in [7, 11) is -1.84. The summed E-state index contributed by atoms with van der Waals surface area (Å²) >= 11 is 0. The van der Waals surface area contributed by atoms with E-state index in [0.717, 1.165) is 25.3 Å². The quantitative estimate of drug-likeness (QED) is 0.148. The van der Waals surface area contributed by atoms with E-state index in [9.17, 15) is 36.0 Å². The number of pyridine rings is 1. The Labute approximate surface area is 301 Å². The number of aryl methyl sites for hydroxylation is 1. The van der Waals surface area contributed by atoms with Crippen LogP contribution in [0.3, 0.4) is 0 Å². The molecule has 0 radical (unpaired) electrons. The van der Waals surface area contributed by atoms with Crippen LogP contribution in [-0.4, -0.2) is 69.0 Å². The number of methoxy groups -OCH3 is 2. The molecule has 1 fully saturated rings. The van der Waals surface area contributed by atoms with Crippen LogP contribution < -0.4 is 20.9 Å². The summed E-state index contributed by atoms with van der Waals surface area (Å²) in [5, 5.41) is 4.35. The lowest BCUT2D eigenvalue weighted by molar-refractivity contribution is -0.200. The van der Waals surface area contributed by atoms with Gasteiger partial charge >= 0.3 is 18.2 Å². The van der Waals surface area contributed by atoms with Gasteiger partial charge in [-0.1, -0.05) is 6.92 Å². The van der Waals surface area contributed by atoms with Crippen molar-refractivity contribution < 1.29 is 54.7 Å². The number of anilines is 3. The summed E-state index contributed by atoms with van der Waals surface area (Å²) < 4.78 is 92.1. The molecule has 1 aliphatic heterocycles. The van der Waals surface area contributed by atoms with Gasteiger partial charge in [0.2, 0.25) is 5.91 Å². The Kier molecular flexibility index (Phi) is 11.0. The Morgan fingerprint density at radius 3 is 2.49 bits per heavy atom. The average molecular weight is 762 g/mol. The predicted octanol–water partition coefficient (Wildman–Crippen LogP) is 6.18. The number of carbonyl (C=O) groups is 3. The summed E-state index contributed by atoms with van der Waals surface area (Å²) in [6.07, 6.45) is -5.02. The molecule has 0 bridgehead atoms. The highest BCUT2D eigenvalue weighted by molar-refractivity contribution is 7.91. The molecule has 2 heterocycles. The zero-order valence-corrected chi connectivity index (χ0v) is 29.7. The maximum Gasteiger partial charge on any atom is 0.493 e. The lowest BCUT2D eigenvalue weighted by atomic mass is 9.99. The molecule has 53 heavy (non-hydrogen) atoms. The lowest BCUT2D eigenvalue weighted by Crippen LogP contribution is -2.39. The summed E-state index contributed by atoms with van der Waals surface area (Å²) in [6, 6.07) is 9.86. The number of nitrogens with zero attached hydrogens (tertiary/aromatic N) is 3. The van der Waals surface area contributed by atoms with E-state index in [1.807, 2.05) is 0 Å². The number of hydrogen-bond acceptors (Lipinski definition) is 11. The maximum absolute atomic E-state index is 15.9. The van der Waals surface area contributed by atoms with Gasteiger partial charge in [0, 0.05) is 29.4 Å². The topological polar surface area (TPSA) is 170 Å². The number of ether oxygens (including phenoxy) is 2. The van der Waals surface area contributed by atoms with Crippen LogP contribution in [0.2, 0.25) is 0 Å². The van der Waals surface area contributed by atoms with E-state index in [4.69, 9.17) is 10.5 Å². The third-order valence-corrected chi connectivity index (χ3v) is 10.6. The number of rotatable bonds is 9. The summed E-state index contributed by atoms with van der Waals surface area (Å²) in [5.74, 6) is -4.01. The molecule has 4 aromatic rings. The van der Waals surface area contributed by atoms with Gasteiger partial charge in [-0.05, 0) is 90.9 Å². The Morgan fingerprint density at radius 2 is 1.83 bits per heavy atom. The van der Waals surface area contributed by atoms with Crippen LogP contribution >= 0.6 is 0 Å². The minimum Gasteiger partial charge on any atom is -0.496 e. The number of likely N-dealkylation sites (tertiary alicyclic amines) is 1. The van der Waals surface area contributed by atoms with Gasteiger partial charge in [0.15, 0.2) is 9.84 Å². The second-order valence-corrected chi connectivity index (χ2v) is 14.3. The molecule has 1 saturated heterocycles. The minimum absolute atomic E-state index is 0.0613. The number of hydroxylamine groups is 1. The van der Waals surface area contributed by atoms with Crippen molar-refractivity contribution in [3.63, 3.8) is 0 Å². The van der Waals surface area contributed by atoms with E-state index in [2.05, 4.69) is 19.9 Å². The number of nitrogens with two attached hydrogens (primary N) is 1. The SMILES string of the molecule is CCS(=O)(=O)c1ccc(N(OC(=O)C(F)(F)F)C(=O)OC)cc1[C@H]1CCCN1C(=O)[C@H](Nc1ccc2c(N)nccc2c1)c1cc(OC)c(C)cc1F. The number of nitrogens with one attached hydrogen (secondary N) is 1. The van der Waals surface area contributed by atoms with E-state index in [1.54, 1.807) is 31.2 Å². The number of alkyl halides is 3. The van der Waals surface area contributed by atoms with Crippen LogP contribution in [0.4, 0.5) is 39.5 Å². The van der Waals surface area contributed by atoms with Crippen molar-refractivity contribution in [2.24, 2.45) is 0 Å². The normalized spacial score (nSPS) is 15.2. The van der Waals surface area contributed by atoms with Gasteiger partial charge in [0.25, 0.3) is 0 Å². The number of amides is 2. The van der Waals surface area contributed by atoms with E-state index >= 15 is 4.39 Å². The van der Waals surface area contributed by atoms with Gasteiger partial charge < -0.3 is 30.3 Å². The Balaban J connectivity index is 1.64. The summed E-state index contributed by atoms with van der Waals surface area (Å²) in [4.78, 5) is 48.5. The van der Waals surface area contributed by atoms with Gasteiger partial charge in [-0.15, -0.1) is 5.06 Å². The molecule has 282 valence electrons. The van der Waals surface area contributed by atoms with Crippen LogP contribution in [0, 0.1) is 12.7 Å². The van der Waals surface area contributed by atoms with Crippen molar-refractivity contribution in [2.75, 3.05) is 42.6 Å². The number of benzene rings is 3. The fourth-order valence-electron chi connectivity index (χ4n) is 6.13. The second kappa shape index (κ2) is 15.1. The molecule has 13 nitrogen and oxygen atoms in total. The van der Waals surface area contributed by atoms with Crippen molar-refractivity contribution in [3.05, 3.63) is 83.3 Å². The first-order valence-electron chi connectivity index (χ1n) is 16.1. The second-order valence-electron chi connectivity index (χ2n) is 12.0. The average Bonchev–Trinajstić information content (AvgIpc) is 3.62. The molecule has 5 rings (SSSR count). The molecule has 3 N–H and O–H groups in total. The number of sulfone groups is 1. The Bertz CT molecular complexity index is 2180. The Hall–Kier alpha value is -5.65. The molecule has 1 aliphatic rings. The van der Waals surface area contributed by atoms with Crippen molar-refractivity contribution in [2.45, 2.75) is 49.8 Å². The molecule has 1 aromatic heterocycles. The lowest BCUT2D eigenvalue weighted by Gasteiger charge is -2.32. The Morgan fingerprint density at radius 1 is 1.09 bits per heavy atom. The molecule has 0 aliphatic carbocycles. The van der Waals surface area contributed by atoms with E-state index in [1.165, 1.54) is 37.3 Å². The zero-order valence-electron chi connectivity index (χ0n) is 28.9. The monoisotopic (exact) mass is 761 g/mol. The number of aromatic nitrogens is 1. The van der Waals surface area contributed by atoms with E-state index in [-0.39, 0.29) is 45.6 Å². The number of nitrogen functional groups attached to an aromatic ring is 1. The smallest absolute Gasteiger partial charge is 0.493 e. The first-order chi connectivity index (χ1) is 25.0. The first-order valence-corrected chi connectivity index (χ1v) is 17.7. The highest BCUT2D eigenvalue weighted by atomic mass is 32.2. The van der Waals surface area contributed by atoms with Crippen LogP contribution in [0.15, 0.2) is 65.7 Å². The van der Waals surface area contributed by atoms with Crippen LogP contribution in [-0.2, 0) is 29.0 Å². The highest BCUT2D eigenvalue weighted by Crippen LogP contribution is 2.41. The molecule has 0 unspecified atom stereocenters. The standard InChI is InChI=1S/C35H35F4N5O8S/c1-5-53(48,49)29-11-9-22(44(34(47)51-4)52-33(46)35(37,38)39)17-25(29)27-7-6-14-43(27)32(45)30(24-18-28(50-3)19(2)15-26(24)36)42-21-8-10-23-20(16-21)12-13-41-31(23)40/h8-13,15-18,27,30,42H,5-7,14H2,1-4H3,(H2,40,41)/t27-,30-/m1/s1. The molecule has 0 saturated carbocycles. The largest absolute Gasteiger partial charge is 0.496 e. The summed E-state index contributed by atoms with van der Waals surface area (Å²) in [6.45, 7) is 3.06. The van der Waals surface area contributed by atoms with Gasteiger partial charge in [0.1, 0.15) is 23.4 Å². The molecule has 2 amide bonds. The predicted molar refractivity (Wildman–Crippen MR) is 185 cm³/mol. The van der Waals surface area contributed by atoms with Crippen molar-refractivity contribution >= 4 is 55.8 Å². The number of halogens is 4. The third kappa shape index (κ3) is 7.91. The maximum atomic E-state index is 15.9. The molecule has 3 aromatic carbocycles. The van der Waals surface area contributed by atoms with Gasteiger partial charge in [-0.2, -0.15) is 13.2 Å². The fraction of sp³-hybridized carbons (Fsp3) is 0.314. The van der Waals surface area contributed by atoms with Crippen LogP contribution in [0.25, 0.3) is 10.8 Å². The van der Waals surface area contributed by atoms with Crippen molar-refractivity contribution in [1.82, 2.24) is 9.88 Å². The summed E-state index contributed by atoms with van der Waals surface area (Å²) in [5.41, 5.74) is 6.20.